The van der Waals surface area contributed by atoms with Crippen molar-refractivity contribution in [2.75, 3.05) is 25.1 Å². The molecule has 1 atom stereocenters. The minimum atomic E-state index is -0.435. The summed E-state index contributed by atoms with van der Waals surface area (Å²) in [7, 11) is 1.67. The molecule has 0 aliphatic carbocycles. The second kappa shape index (κ2) is 7.05. The molecule has 23 heavy (non-hydrogen) atoms. The van der Waals surface area contributed by atoms with Gasteiger partial charge in [0, 0.05) is 18.8 Å². The highest BCUT2D eigenvalue weighted by Crippen LogP contribution is 2.29. The molecule has 1 unspecified atom stereocenters. The number of benzene rings is 2. The van der Waals surface area contributed by atoms with Crippen LogP contribution in [0.15, 0.2) is 42.5 Å². The first-order valence-corrected chi connectivity index (χ1v) is 8.34. The zero-order valence-corrected chi connectivity index (χ0v) is 14.0. The van der Waals surface area contributed by atoms with Gasteiger partial charge in [-0.05, 0) is 61.1 Å². The maximum Gasteiger partial charge on any atom is 0.119 e. The molecule has 0 fully saturated rings. The zero-order chi connectivity index (χ0) is 16.2. The fourth-order valence-corrected chi connectivity index (χ4v) is 3.43. The van der Waals surface area contributed by atoms with Crippen molar-refractivity contribution in [3.05, 3.63) is 59.2 Å². The summed E-state index contributed by atoms with van der Waals surface area (Å²) in [4.78, 5) is 2.40. The number of fused-ring (bicyclic) bond motifs is 1. The molecule has 2 aromatic rings. The largest absolute Gasteiger partial charge is 0.497 e. The van der Waals surface area contributed by atoms with Gasteiger partial charge in [0.05, 0.1) is 13.2 Å². The Balaban J connectivity index is 1.67. The summed E-state index contributed by atoms with van der Waals surface area (Å²) in [5, 5.41) is 10.6. The van der Waals surface area contributed by atoms with Crippen LogP contribution in [0, 0.1) is 6.92 Å². The smallest absolute Gasteiger partial charge is 0.119 e. The lowest BCUT2D eigenvalue weighted by Crippen LogP contribution is -2.31. The van der Waals surface area contributed by atoms with Crippen LogP contribution in [0.1, 0.15) is 35.6 Å². The van der Waals surface area contributed by atoms with Crippen LogP contribution in [-0.2, 0) is 6.42 Å². The Hall–Kier alpha value is -2.00. The van der Waals surface area contributed by atoms with Gasteiger partial charge in [-0.1, -0.05) is 24.3 Å². The van der Waals surface area contributed by atoms with Crippen molar-refractivity contribution < 1.29 is 9.84 Å². The van der Waals surface area contributed by atoms with Crippen LogP contribution in [0.4, 0.5) is 5.69 Å². The lowest BCUT2D eigenvalue weighted by molar-refractivity contribution is 0.168. The second-order valence-electron chi connectivity index (χ2n) is 6.25. The predicted octanol–water partition coefficient (Wildman–Crippen LogP) is 3.88. The van der Waals surface area contributed by atoms with Gasteiger partial charge in [-0.3, -0.25) is 0 Å². The number of hydrogen-bond donors (Lipinski definition) is 1. The minimum absolute atomic E-state index is 0.435. The van der Waals surface area contributed by atoms with Crippen LogP contribution in [0.25, 0.3) is 0 Å². The molecule has 0 spiro atoms. The van der Waals surface area contributed by atoms with Gasteiger partial charge in [-0.15, -0.1) is 0 Å². The normalized spacial score (nSPS) is 15.2. The molecular formula is C20H25NO2. The van der Waals surface area contributed by atoms with Crippen molar-refractivity contribution in [1.82, 2.24) is 0 Å². The molecule has 1 aliphatic rings. The average molecular weight is 311 g/mol. The summed E-state index contributed by atoms with van der Waals surface area (Å²) < 4.78 is 5.23. The molecule has 0 bridgehead atoms. The van der Waals surface area contributed by atoms with Crippen LogP contribution in [0.2, 0.25) is 0 Å². The third kappa shape index (κ3) is 3.50. The SMILES string of the molecule is COc1ccc(C(O)CCN2CCCc3ccccc32)c(C)c1. The summed E-state index contributed by atoms with van der Waals surface area (Å²) in [6.45, 7) is 3.98. The summed E-state index contributed by atoms with van der Waals surface area (Å²) in [6.07, 6.45) is 2.65. The number of ether oxygens (including phenoxy) is 1. The van der Waals surface area contributed by atoms with Crippen LogP contribution >= 0.6 is 0 Å². The van der Waals surface area contributed by atoms with Crippen LogP contribution in [-0.4, -0.2) is 25.3 Å². The number of hydrogen-bond acceptors (Lipinski definition) is 3. The van der Waals surface area contributed by atoms with E-state index in [2.05, 4.69) is 29.2 Å². The standard InChI is InChI=1S/C20H25NO2/c1-15-14-17(23-2)9-10-18(15)20(22)11-13-21-12-5-7-16-6-3-4-8-19(16)21/h3-4,6,8-10,14,20,22H,5,7,11-13H2,1-2H3. The molecular weight excluding hydrogens is 286 g/mol. The molecule has 0 saturated heterocycles. The Morgan fingerprint density at radius 1 is 1.22 bits per heavy atom. The third-order valence-electron chi connectivity index (χ3n) is 4.71. The van der Waals surface area contributed by atoms with Gasteiger partial charge in [0.25, 0.3) is 0 Å². The van der Waals surface area contributed by atoms with Crippen molar-refractivity contribution in [2.45, 2.75) is 32.3 Å². The Morgan fingerprint density at radius 3 is 2.83 bits per heavy atom. The van der Waals surface area contributed by atoms with E-state index in [1.807, 2.05) is 25.1 Å². The van der Waals surface area contributed by atoms with Gasteiger partial charge in [-0.25, -0.2) is 0 Å². The molecule has 1 heterocycles. The van der Waals surface area contributed by atoms with Crippen molar-refractivity contribution in [3.63, 3.8) is 0 Å². The third-order valence-corrected chi connectivity index (χ3v) is 4.71. The highest BCUT2D eigenvalue weighted by Gasteiger charge is 2.18. The van der Waals surface area contributed by atoms with Crippen molar-refractivity contribution in [1.29, 1.82) is 0 Å². The zero-order valence-electron chi connectivity index (χ0n) is 14.0. The van der Waals surface area contributed by atoms with E-state index in [0.717, 1.165) is 42.8 Å². The van der Waals surface area contributed by atoms with Crippen LogP contribution in [0.5, 0.6) is 5.75 Å². The summed E-state index contributed by atoms with van der Waals surface area (Å²) in [5.74, 6) is 0.836. The number of methoxy groups -OCH3 is 1. The maximum absolute atomic E-state index is 10.6. The summed E-state index contributed by atoms with van der Waals surface area (Å²) in [6, 6.07) is 14.5. The van der Waals surface area contributed by atoms with E-state index in [1.54, 1.807) is 7.11 Å². The molecule has 0 amide bonds. The van der Waals surface area contributed by atoms with E-state index in [4.69, 9.17) is 4.74 Å². The minimum Gasteiger partial charge on any atom is -0.497 e. The van der Waals surface area contributed by atoms with Crippen molar-refractivity contribution >= 4 is 5.69 Å². The molecule has 0 radical (unpaired) electrons. The lowest BCUT2D eigenvalue weighted by Gasteiger charge is -2.32. The van der Waals surface area contributed by atoms with E-state index >= 15 is 0 Å². The van der Waals surface area contributed by atoms with E-state index in [0.29, 0.717) is 0 Å². The van der Waals surface area contributed by atoms with E-state index in [-0.39, 0.29) is 0 Å². The topological polar surface area (TPSA) is 32.7 Å². The maximum atomic E-state index is 10.6. The molecule has 122 valence electrons. The number of aliphatic hydroxyl groups is 1. The molecule has 2 aromatic carbocycles. The van der Waals surface area contributed by atoms with Crippen LogP contribution in [0.3, 0.4) is 0 Å². The van der Waals surface area contributed by atoms with Gasteiger partial charge in [0.2, 0.25) is 0 Å². The fraction of sp³-hybridized carbons (Fsp3) is 0.400. The number of para-hydroxylation sites is 1. The molecule has 3 nitrogen and oxygen atoms in total. The average Bonchev–Trinajstić information content (AvgIpc) is 2.59. The fourth-order valence-electron chi connectivity index (χ4n) is 3.43. The van der Waals surface area contributed by atoms with Crippen LogP contribution < -0.4 is 9.64 Å². The predicted molar refractivity (Wildman–Crippen MR) is 94.3 cm³/mol. The number of anilines is 1. The molecule has 0 aromatic heterocycles. The van der Waals surface area contributed by atoms with Gasteiger partial charge < -0.3 is 14.7 Å². The van der Waals surface area contributed by atoms with E-state index in [9.17, 15) is 5.11 Å². The number of aryl methyl sites for hydroxylation is 2. The highest BCUT2D eigenvalue weighted by molar-refractivity contribution is 5.55. The van der Waals surface area contributed by atoms with E-state index in [1.165, 1.54) is 17.7 Å². The first-order chi connectivity index (χ1) is 11.2. The molecule has 1 aliphatic heterocycles. The van der Waals surface area contributed by atoms with Gasteiger partial charge in [0.15, 0.2) is 0 Å². The molecule has 3 rings (SSSR count). The van der Waals surface area contributed by atoms with Gasteiger partial charge in [0.1, 0.15) is 5.75 Å². The first-order valence-electron chi connectivity index (χ1n) is 8.34. The number of rotatable bonds is 5. The highest BCUT2D eigenvalue weighted by atomic mass is 16.5. The Labute approximate surface area is 138 Å². The van der Waals surface area contributed by atoms with Gasteiger partial charge >= 0.3 is 0 Å². The molecule has 3 heteroatoms. The Morgan fingerprint density at radius 2 is 2.04 bits per heavy atom. The lowest BCUT2D eigenvalue weighted by atomic mass is 9.98. The molecule has 1 N–H and O–H groups in total. The number of aliphatic hydroxyl groups excluding tert-OH is 1. The second-order valence-corrected chi connectivity index (χ2v) is 6.25. The van der Waals surface area contributed by atoms with Gasteiger partial charge in [-0.2, -0.15) is 0 Å². The van der Waals surface area contributed by atoms with Crippen molar-refractivity contribution in [2.24, 2.45) is 0 Å². The summed E-state index contributed by atoms with van der Waals surface area (Å²) >= 11 is 0. The Kier molecular flexibility index (Phi) is 4.87. The Bertz CT molecular complexity index is 668. The number of nitrogens with zero attached hydrogens (tertiary/aromatic N) is 1. The first kappa shape index (κ1) is 15.9. The van der Waals surface area contributed by atoms with E-state index < -0.39 is 6.10 Å². The summed E-state index contributed by atoms with van der Waals surface area (Å²) in [5.41, 5.74) is 4.83. The molecule has 0 saturated carbocycles. The van der Waals surface area contributed by atoms with Crippen molar-refractivity contribution in [3.8, 4) is 5.75 Å². The monoisotopic (exact) mass is 311 g/mol. The quantitative estimate of drug-likeness (QED) is 0.909.